The van der Waals surface area contributed by atoms with Gasteiger partial charge in [-0.05, 0) is 38.9 Å². The van der Waals surface area contributed by atoms with Crippen LogP contribution in [0.3, 0.4) is 0 Å². The maximum absolute atomic E-state index is 12.9. The molecule has 0 unspecified atom stereocenters. The van der Waals surface area contributed by atoms with Crippen LogP contribution in [0.2, 0.25) is 0 Å². The van der Waals surface area contributed by atoms with Gasteiger partial charge in [-0.3, -0.25) is 4.90 Å². The van der Waals surface area contributed by atoms with Gasteiger partial charge in [0.15, 0.2) is 0 Å². The maximum atomic E-state index is 12.9. The Morgan fingerprint density at radius 2 is 1.93 bits per heavy atom. The lowest BCUT2D eigenvalue weighted by Gasteiger charge is -2.36. The topological polar surface area (TPSA) is 73.9 Å². The van der Waals surface area contributed by atoms with E-state index in [9.17, 15) is 9.59 Å². The minimum absolute atomic E-state index is 0.289. The molecule has 2 aliphatic heterocycles. The Kier molecular flexibility index (Phi) is 6.36. The molecule has 1 aromatic carbocycles. The Balaban J connectivity index is 2.00. The molecule has 7 heteroatoms. The first-order valence-electron chi connectivity index (χ1n) is 9.84. The summed E-state index contributed by atoms with van der Waals surface area (Å²) in [5, 5.41) is 5.80. The van der Waals surface area contributed by atoms with Gasteiger partial charge in [0.25, 0.3) is 0 Å². The SMILES string of the molecule is CCOC(=O)C1=C(CN2CCN(C)CC2)NC(=O)N[C@@H]1c1cc(C)ccc1C. The Labute approximate surface area is 166 Å². The highest BCUT2D eigenvalue weighted by molar-refractivity contribution is 5.95. The monoisotopic (exact) mass is 386 g/mol. The van der Waals surface area contributed by atoms with Gasteiger partial charge in [0, 0.05) is 38.4 Å². The number of ether oxygens (including phenoxy) is 1. The van der Waals surface area contributed by atoms with E-state index in [1.165, 1.54) is 0 Å². The predicted molar refractivity (Wildman–Crippen MR) is 108 cm³/mol. The number of urea groups is 1. The number of nitrogens with one attached hydrogen (secondary N) is 2. The van der Waals surface area contributed by atoms with E-state index in [-0.39, 0.29) is 18.6 Å². The quantitative estimate of drug-likeness (QED) is 0.754. The van der Waals surface area contributed by atoms with Gasteiger partial charge in [-0.1, -0.05) is 23.8 Å². The van der Waals surface area contributed by atoms with Gasteiger partial charge in [0.1, 0.15) is 0 Å². The molecule has 0 saturated carbocycles. The van der Waals surface area contributed by atoms with E-state index in [1.54, 1.807) is 6.92 Å². The summed E-state index contributed by atoms with van der Waals surface area (Å²) >= 11 is 0. The van der Waals surface area contributed by atoms with Gasteiger partial charge in [-0.2, -0.15) is 0 Å². The zero-order chi connectivity index (χ0) is 20.3. The Morgan fingerprint density at radius 3 is 2.61 bits per heavy atom. The van der Waals surface area contributed by atoms with Gasteiger partial charge in [-0.15, -0.1) is 0 Å². The van der Waals surface area contributed by atoms with Crippen molar-refractivity contribution in [2.75, 3.05) is 46.4 Å². The van der Waals surface area contributed by atoms with Gasteiger partial charge in [0.05, 0.1) is 18.2 Å². The molecular formula is C21H30N4O3. The zero-order valence-electron chi connectivity index (χ0n) is 17.2. The number of carbonyl (C=O) groups is 2. The highest BCUT2D eigenvalue weighted by Gasteiger charge is 2.35. The molecule has 7 nitrogen and oxygen atoms in total. The second-order valence-corrected chi connectivity index (χ2v) is 7.58. The fourth-order valence-electron chi connectivity index (χ4n) is 3.73. The van der Waals surface area contributed by atoms with Crippen LogP contribution < -0.4 is 10.6 Å². The van der Waals surface area contributed by atoms with Crippen molar-refractivity contribution in [3.8, 4) is 0 Å². The van der Waals surface area contributed by atoms with E-state index in [4.69, 9.17) is 4.74 Å². The van der Waals surface area contributed by atoms with Crippen molar-refractivity contribution in [2.24, 2.45) is 0 Å². The van der Waals surface area contributed by atoms with Crippen LogP contribution in [-0.2, 0) is 9.53 Å². The molecule has 1 atom stereocenters. The molecule has 1 fully saturated rings. The Morgan fingerprint density at radius 1 is 1.21 bits per heavy atom. The molecule has 0 radical (unpaired) electrons. The van der Waals surface area contributed by atoms with Gasteiger partial charge in [-0.25, -0.2) is 9.59 Å². The van der Waals surface area contributed by atoms with Gasteiger partial charge in [0.2, 0.25) is 0 Å². The van der Waals surface area contributed by atoms with Crippen molar-refractivity contribution in [2.45, 2.75) is 26.8 Å². The molecule has 0 aliphatic carbocycles. The molecule has 2 heterocycles. The van der Waals surface area contributed by atoms with Crippen molar-refractivity contribution in [3.63, 3.8) is 0 Å². The van der Waals surface area contributed by atoms with E-state index in [0.717, 1.165) is 42.9 Å². The minimum atomic E-state index is -0.518. The summed E-state index contributed by atoms with van der Waals surface area (Å²) < 4.78 is 5.36. The molecule has 1 aromatic rings. The van der Waals surface area contributed by atoms with Gasteiger partial charge >= 0.3 is 12.0 Å². The fourth-order valence-corrected chi connectivity index (χ4v) is 3.73. The highest BCUT2D eigenvalue weighted by atomic mass is 16.5. The Bertz CT molecular complexity index is 782. The number of aryl methyl sites for hydroxylation is 2. The molecule has 2 amide bonds. The number of hydrogen-bond donors (Lipinski definition) is 2. The lowest BCUT2D eigenvalue weighted by Crippen LogP contribution is -2.51. The van der Waals surface area contributed by atoms with Crippen LogP contribution in [0.15, 0.2) is 29.5 Å². The first-order chi connectivity index (χ1) is 13.4. The van der Waals surface area contributed by atoms with Crippen LogP contribution in [0.25, 0.3) is 0 Å². The van der Waals surface area contributed by atoms with E-state index in [0.29, 0.717) is 17.8 Å². The molecule has 2 aliphatic rings. The molecule has 0 bridgehead atoms. The van der Waals surface area contributed by atoms with Crippen LogP contribution in [0.4, 0.5) is 4.79 Å². The maximum Gasteiger partial charge on any atom is 0.338 e. The Hall–Kier alpha value is -2.38. The normalized spacial score (nSPS) is 21.3. The molecule has 2 N–H and O–H groups in total. The van der Waals surface area contributed by atoms with E-state index in [2.05, 4.69) is 27.5 Å². The largest absolute Gasteiger partial charge is 0.463 e. The van der Waals surface area contributed by atoms with E-state index >= 15 is 0 Å². The van der Waals surface area contributed by atoms with E-state index < -0.39 is 6.04 Å². The number of likely N-dealkylation sites (N-methyl/N-ethyl adjacent to an activating group) is 1. The van der Waals surface area contributed by atoms with Crippen LogP contribution in [-0.4, -0.2) is 68.2 Å². The summed E-state index contributed by atoms with van der Waals surface area (Å²) in [7, 11) is 2.10. The van der Waals surface area contributed by atoms with Crippen LogP contribution in [0.5, 0.6) is 0 Å². The van der Waals surface area contributed by atoms with Crippen molar-refractivity contribution in [1.29, 1.82) is 0 Å². The minimum Gasteiger partial charge on any atom is -0.463 e. The number of nitrogens with zero attached hydrogens (tertiary/aromatic N) is 2. The summed E-state index contributed by atoms with van der Waals surface area (Å²) in [5.41, 5.74) is 4.16. The predicted octanol–water partition coefficient (Wildman–Crippen LogP) is 1.72. The first-order valence-corrected chi connectivity index (χ1v) is 9.84. The third-order valence-electron chi connectivity index (χ3n) is 5.37. The number of esters is 1. The number of hydrogen-bond acceptors (Lipinski definition) is 5. The number of carbonyl (C=O) groups excluding carboxylic acids is 2. The molecule has 152 valence electrons. The molecule has 3 rings (SSSR count). The highest BCUT2D eigenvalue weighted by Crippen LogP contribution is 2.31. The summed E-state index contributed by atoms with van der Waals surface area (Å²) in [6, 6.07) is 5.26. The van der Waals surface area contributed by atoms with Crippen molar-refractivity contribution < 1.29 is 14.3 Å². The standard InChI is InChI=1S/C21H30N4O3/c1-5-28-20(26)18-17(13-25-10-8-24(4)9-11-25)22-21(27)23-19(18)16-12-14(2)6-7-15(16)3/h6-7,12,19H,5,8-11,13H2,1-4H3,(H2,22,23,27)/t19-/m1/s1. The van der Waals surface area contributed by atoms with Gasteiger partial charge < -0.3 is 20.3 Å². The average molecular weight is 386 g/mol. The van der Waals surface area contributed by atoms with Crippen LogP contribution in [0.1, 0.15) is 29.7 Å². The number of amides is 2. The van der Waals surface area contributed by atoms with Crippen LogP contribution in [0, 0.1) is 13.8 Å². The summed E-state index contributed by atoms with van der Waals surface area (Å²) in [4.78, 5) is 29.9. The fraction of sp³-hybridized carbons (Fsp3) is 0.524. The number of piperazine rings is 1. The second kappa shape index (κ2) is 8.75. The second-order valence-electron chi connectivity index (χ2n) is 7.58. The molecule has 1 saturated heterocycles. The number of rotatable bonds is 5. The summed E-state index contributed by atoms with van der Waals surface area (Å²) in [6.07, 6.45) is 0. The van der Waals surface area contributed by atoms with Crippen LogP contribution >= 0.6 is 0 Å². The van der Waals surface area contributed by atoms with E-state index in [1.807, 2.05) is 32.0 Å². The lowest BCUT2D eigenvalue weighted by atomic mass is 9.91. The zero-order valence-corrected chi connectivity index (χ0v) is 17.2. The lowest BCUT2D eigenvalue weighted by molar-refractivity contribution is -0.139. The average Bonchev–Trinajstić information content (AvgIpc) is 2.65. The molecule has 0 spiro atoms. The molecule has 0 aromatic heterocycles. The van der Waals surface area contributed by atoms with Crippen molar-refractivity contribution in [1.82, 2.24) is 20.4 Å². The molecular weight excluding hydrogens is 356 g/mol. The summed E-state index contributed by atoms with van der Waals surface area (Å²) in [6.45, 7) is 10.3. The third kappa shape index (κ3) is 4.54. The van der Waals surface area contributed by atoms with Crippen molar-refractivity contribution >= 4 is 12.0 Å². The molecule has 28 heavy (non-hydrogen) atoms. The number of benzene rings is 1. The van der Waals surface area contributed by atoms with Crippen molar-refractivity contribution in [3.05, 3.63) is 46.2 Å². The smallest absolute Gasteiger partial charge is 0.338 e. The third-order valence-corrected chi connectivity index (χ3v) is 5.37. The summed E-state index contributed by atoms with van der Waals surface area (Å²) in [5.74, 6) is -0.384. The first kappa shape index (κ1) is 20.4.